The molecule has 0 spiro atoms. The molecule has 0 fully saturated rings. The summed E-state index contributed by atoms with van der Waals surface area (Å²) in [5.74, 6) is -0.801. The second-order valence-corrected chi connectivity index (χ2v) is 5.07. The zero-order valence-electron chi connectivity index (χ0n) is 11.9. The van der Waals surface area contributed by atoms with E-state index >= 15 is 0 Å². The van der Waals surface area contributed by atoms with Crippen LogP contribution in [0.25, 0.3) is 0 Å². The number of amides is 2. The monoisotopic (exact) mass is 282 g/mol. The molecule has 1 heterocycles. The van der Waals surface area contributed by atoms with Crippen molar-refractivity contribution in [3.05, 3.63) is 18.7 Å². The quantitative estimate of drug-likeness (QED) is 0.621. The first-order chi connectivity index (χ1) is 9.49. The number of hydrogen-bond acceptors (Lipinski definition) is 3. The smallest absolute Gasteiger partial charge is 0.326 e. The van der Waals surface area contributed by atoms with E-state index in [4.69, 9.17) is 5.11 Å². The number of aliphatic carboxylic acids is 1. The average Bonchev–Trinajstić information content (AvgIpc) is 2.86. The van der Waals surface area contributed by atoms with Gasteiger partial charge in [-0.15, -0.1) is 0 Å². The van der Waals surface area contributed by atoms with Gasteiger partial charge >= 0.3 is 12.0 Å². The van der Waals surface area contributed by atoms with E-state index in [0.29, 0.717) is 13.0 Å². The van der Waals surface area contributed by atoms with Gasteiger partial charge in [-0.1, -0.05) is 13.8 Å². The summed E-state index contributed by atoms with van der Waals surface area (Å²) in [6.07, 6.45) is 6.43. The van der Waals surface area contributed by atoms with Crippen molar-refractivity contribution in [3.63, 3.8) is 0 Å². The van der Waals surface area contributed by atoms with Crippen LogP contribution in [0.1, 0.15) is 26.7 Å². The van der Waals surface area contributed by atoms with Gasteiger partial charge in [0.1, 0.15) is 6.04 Å². The van der Waals surface area contributed by atoms with Gasteiger partial charge in [-0.25, -0.2) is 14.6 Å². The van der Waals surface area contributed by atoms with E-state index in [0.717, 1.165) is 13.0 Å². The van der Waals surface area contributed by atoms with Crippen molar-refractivity contribution in [2.45, 2.75) is 39.3 Å². The Bertz CT molecular complexity index is 417. The van der Waals surface area contributed by atoms with E-state index in [2.05, 4.69) is 15.6 Å². The number of urea groups is 1. The summed E-state index contributed by atoms with van der Waals surface area (Å²) < 4.78 is 1.92. The molecule has 0 aliphatic carbocycles. The Morgan fingerprint density at radius 1 is 1.40 bits per heavy atom. The van der Waals surface area contributed by atoms with Crippen LogP contribution in [0.5, 0.6) is 0 Å². The van der Waals surface area contributed by atoms with Crippen molar-refractivity contribution in [1.29, 1.82) is 0 Å². The lowest BCUT2D eigenvalue weighted by molar-refractivity contribution is -0.139. The number of carbonyl (C=O) groups excluding carboxylic acids is 1. The fraction of sp³-hybridized carbons (Fsp3) is 0.615. The molecule has 7 heteroatoms. The Hall–Kier alpha value is -2.05. The Morgan fingerprint density at radius 2 is 2.15 bits per heavy atom. The Balaban J connectivity index is 2.22. The van der Waals surface area contributed by atoms with E-state index in [9.17, 15) is 9.59 Å². The van der Waals surface area contributed by atoms with Gasteiger partial charge in [-0.3, -0.25) is 0 Å². The number of carboxylic acid groups (broad SMARTS) is 1. The zero-order valence-corrected chi connectivity index (χ0v) is 11.9. The first kappa shape index (κ1) is 16.0. The lowest BCUT2D eigenvalue weighted by Gasteiger charge is -2.16. The zero-order chi connectivity index (χ0) is 15.0. The summed E-state index contributed by atoms with van der Waals surface area (Å²) >= 11 is 0. The fourth-order valence-electron chi connectivity index (χ4n) is 1.78. The highest BCUT2D eigenvalue weighted by atomic mass is 16.4. The van der Waals surface area contributed by atoms with Gasteiger partial charge in [-0.2, -0.15) is 0 Å². The summed E-state index contributed by atoms with van der Waals surface area (Å²) in [4.78, 5) is 26.5. The maximum atomic E-state index is 11.6. The SMILES string of the molecule is CC(C)C[C@@H](NC(=O)NCCCn1ccnc1)C(=O)O. The summed E-state index contributed by atoms with van der Waals surface area (Å²) in [5, 5.41) is 14.1. The number of nitrogens with zero attached hydrogens (tertiary/aromatic N) is 2. The minimum atomic E-state index is -1.01. The predicted octanol–water partition coefficient (Wildman–Crippen LogP) is 1.07. The summed E-state index contributed by atoms with van der Waals surface area (Å²) in [6.45, 7) is 5.08. The molecule has 0 bridgehead atoms. The highest BCUT2D eigenvalue weighted by Crippen LogP contribution is 2.04. The molecule has 3 N–H and O–H groups in total. The molecule has 1 atom stereocenters. The molecule has 1 aromatic rings. The molecule has 1 aromatic heterocycles. The maximum absolute atomic E-state index is 11.6. The van der Waals surface area contributed by atoms with Crippen LogP contribution in [0.15, 0.2) is 18.7 Å². The van der Waals surface area contributed by atoms with Crippen LogP contribution >= 0.6 is 0 Å². The van der Waals surface area contributed by atoms with Gasteiger partial charge in [0.05, 0.1) is 6.33 Å². The lowest BCUT2D eigenvalue weighted by atomic mass is 10.0. The molecule has 0 aliphatic rings. The van der Waals surface area contributed by atoms with E-state index in [1.54, 1.807) is 12.5 Å². The number of aryl methyl sites for hydroxylation is 1. The standard InChI is InChI=1S/C13H22N4O3/c1-10(2)8-11(12(18)19)16-13(20)15-4-3-6-17-7-5-14-9-17/h5,7,9-11H,3-4,6,8H2,1-2H3,(H,18,19)(H2,15,16,20)/t11-/m1/s1. The van der Waals surface area contributed by atoms with Gasteiger partial charge in [0.15, 0.2) is 0 Å². The molecule has 20 heavy (non-hydrogen) atoms. The van der Waals surface area contributed by atoms with Crippen LogP contribution in [0, 0.1) is 5.92 Å². The van der Waals surface area contributed by atoms with Gasteiger partial charge in [0, 0.05) is 25.5 Å². The van der Waals surface area contributed by atoms with Crippen LogP contribution in [-0.4, -0.2) is 39.2 Å². The van der Waals surface area contributed by atoms with Crippen LogP contribution in [0.4, 0.5) is 4.79 Å². The number of imidazole rings is 1. The topological polar surface area (TPSA) is 96.3 Å². The third-order valence-corrected chi connectivity index (χ3v) is 2.75. The van der Waals surface area contributed by atoms with Crippen molar-refractivity contribution in [2.75, 3.05) is 6.54 Å². The van der Waals surface area contributed by atoms with Gasteiger partial charge in [0.25, 0.3) is 0 Å². The first-order valence-electron chi connectivity index (χ1n) is 6.72. The number of rotatable bonds is 8. The van der Waals surface area contributed by atoms with E-state index in [-0.39, 0.29) is 5.92 Å². The third kappa shape index (κ3) is 6.21. The van der Waals surface area contributed by atoms with Crippen LogP contribution in [-0.2, 0) is 11.3 Å². The predicted molar refractivity (Wildman–Crippen MR) is 74.3 cm³/mol. The van der Waals surface area contributed by atoms with Gasteiger partial charge < -0.3 is 20.3 Å². The second-order valence-electron chi connectivity index (χ2n) is 5.07. The summed E-state index contributed by atoms with van der Waals surface area (Å²) in [5.41, 5.74) is 0. The van der Waals surface area contributed by atoms with Gasteiger partial charge in [0.2, 0.25) is 0 Å². The van der Waals surface area contributed by atoms with Crippen LogP contribution in [0.3, 0.4) is 0 Å². The minimum Gasteiger partial charge on any atom is -0.480 e. The Kier molecular flexibility index (Phi) is 6.55. The van der Waals surface area contributed by atoms with Gasteiger partial charge in [-0.05, 0) is 18.8 Å². The molecule has 2 amide bonds. The fourth-order valence-corrected chi connectivity index (χ4v) is 1.78. The van der Waals surface area contributed by atoms with E-state index in [1.807, 2.05) is 24.6 Å². The van der Waals surface area contributed by atoms with E-state index < -0.39 is 18.0 Å². The summed E-state index contributed by atoms with van der Waals surface area (Å²) in [7, 11) is 0. The molecular weight excluding hydrogens is 260 g/mol. The van der Waals surface area contributed by atoms with Crippen LogP contribution in [0.2, 0.25) is 0 Å². The molecule has 112 valence electrons. The van der Waals surface area contributed by atoms with E-state index in [1.165, 1.54) is 0 Å². The van der Waals surface area contributed by atoms with Crippen molar-refractivity contribution in [2.24, 2.45) is 5.92 Å². The molecular formula is C13H22N4O3. The number of aromatic nitrogens is 2. The molecule has 0 aliphatic heterocycles. The van der Waals surface area contributed by atoms with Crippen molar-refractivity contribution >= 4 is 12.0 Å². The molecule has 0 saturated heterocycles. The minimum absolute atomic E-state index is 0.206. The second kappa shape index (κ2) is 8.19. The average molecular weight is 282 g/mol. The molecule has 7 nitrogen and oxygen atoms in total. The molecule has 0 aromatic carbocycles. The van der Waals surface area contributed by atoms with Crippen molar-refractivity contribution < 1.29 is 14.7 Å². The number of hydrogen-bond donors (Lipinski definition) is 3. The largest absolute Gasteiger partial charge is 0.480 e. The van der Waals surface area contributed by atoms with Crippen molar-refractivity contribution in [1.82, 2.24) is 20.2 Å². The highest BCUT2D eigenvalue weighted by Gasteiger charge is 2.20. The molecule has 0 saturated carbocycles. The van der Waals surface area contributed by atoms with Crippen LogP contribution < -0.4 is 10.6 Å². The summed E-state index contributed by atoms with van der Waals surface area (Å²) in [6, 6.07) is -1.28. The molecule has 0 unspecified atom stereocenters. The molecule has 0 radical (unpaired) electrons. The lowest BCUT2D eigenvalue weighted by Crippen LogP contribution is -2.46. The first-order valence-corrected chi connectivity index (χ1v) is 6.72. The Morgan fingerprint density at radius 3 is 2.70 bits per heavy atom. The third-order valence-electron chi connectivity index (χ3n) is 2.75. The highest BCUT2D eigenvalue weighted by molar-refractivity contribution is 5.82. The van der Waals surface area contributed by atoms with Crippen molar-refractivity contribution in [3.8, 4) is 0 Å². The number of carboxylic acids is 1. The normalized spacial score (nSPS) is 12.2. The molecule has 1 rings (SSSR count). The maximum Gasteiger partial charge on any atom is 0.326 e. The number of carbonyl (C=O) groups is 2. The Labute approximate surface area is 118 Å². The number of nitrogens with one attached hydrogen (secondary N) is 2.